The molecule has 4 rings (SSSR count). The number of sulfonamides is 1. The second-order valence-corrected chi connectivity index (χ2v) is 13.4. The van der Waals surface area contributed by atoms with Crippen LogP contribution in [-0.4, -0.2) is 60.2 Å². The Bertz CT molecular complexity index is 1230. The van der Waals surface area contributed by atoms with Gasteiger partial charge in [0.25, 0.3) is 10.0 Å². The second-order valence-electron chi connectivity index (χ2n) is 8.66. The van der Waals surface area contributed by atoms with Gasteiger partial charge in [0, 0.05) is 30.2 Å². The lowest BCUT2D eigenvalue weighted by Gasteiger charge is -2.40. The van der Waals surface area contributed by atoms with E-state index >= 15 is 0 Å². The summed E-state index contributed by atoms with van der Waals surface area (Å²) in [4.78, 5) is 2.37. The minimum atomic E-state index is -3.86. The lowest BCUT2D eigenvalue weighted by Crippen LogP contribution is -2.39. The van der Waals surface area contributed by atoms with Gasteiger partial charge in [-0.2, -0.15) is 10.6 Å². The van der Waals surface area contributed by atoms with Crippen LogP contribution in [0.25, 0.3) is 0 Å². The standard InChI is InChI=1S/C26H31ClN2O5S2/c27-23-11-13-25(14-12-23)36(32,33)29(24-8-2-1-3-9-24)21-22-7-4-5-10-26(22)34-18-6-15-28-16-19-35(30,31)20-17-28/h1-5,7-14,30-31H,6,15-21H2. The van der Waals surface area contributed by atoms with Gasteiger partial charge >= 0.3 is 0 Å². The van der Waals surface area contributed by atoms with Crippen molar-refractivity contribution in [3.8, 4) is 5.75 Å². The van der Waals surface area contributed by atoms with Gasteiger partial charge in [0.15, 0.2) is 0 Å². The number of hydrogen-bond donors (Lipinski definition) is 2. The van der Waals surface area contributed by atoms with Gasteiger partial charge in [0.2, 0.25) is 0 Å². The normalized spacial score (nSPS) is 16.9. The first-order valence-electron chi connectivity index (χ1n) is 11.7. The molecule has 3 aromatic rings. The summed E-state index contributed by atoms with van der Waals surface area (Å²) in [5.41, 5.74) is 1.31. The summed E-state index contributed by atoms with van der Waals surface area (Å²) in [6.45, 7) is 2.73. The molecular weight excluding hydrogens is 520 g/mol. The summed E-state index contributed by atoms with van der Waals surface area (Å²) in [7, 11) is -6.26. The lowest BCUT2D eigenvalue weighted by molar-refractivity contribution is 0.241. The third-order valence-electron chi connectivity index (χ3n) is 6.08. The summed E-state index contributed by atoms with van der Waals surface area (Å²) in [6, 6.07) is 22.6. The van der Waals surface area contributed by atoms with E-state index < -0.39 is 20.6 Å². The SMILES string of the molecule is O=S(=O)(c1ccc(Cl)cc1)N(Cc1ccccc1OCCCN1CCS(O)(O)CC1)c1ccccc1. The highest BCUT2D eigenvalue weighted by atomic mass is 35.5. The Balaban J connectivity index is 1.47. The van der Waals surface area contributed by atoms with E-state index in [-0.39, 0.29) is 11.4 Å². The fourth-order valence-corrected chi connectivity index (χ4v) is 6.91. The smallest absolute Gasteiger partial charge is 0.264 e. The molecule has 0 radical (unpaired) electrons. The van der Waals surface area contributed by atoms with Crippen molar-refractivity contribution < 1.29 is 22.3 Å². The number of benzene rings is 3. The molecule has 194 valence electrons. The molecule has 0 saturated carbocycles. The van der Waals surface area contributed by atoms with Crippen LogP contribution in [0.2, 0.25) is 5.02 Å². The summed E-state index contributed by atoms with van der Waals surface area (Å²) in [6.07, 6.45) is 0.777. The first-order chi connectivity index (χ1) is 17.2. The van der Waals surface area contributed by atoms with E-state index in [2.05, 4.69) is 4.90 Å². The molecule has 7 nitrogen and oxygen atoms in total. The van der Waals surface area contributed by atoms with Crippen LogP contribution in [0, 0.1) is 0 Å². The van der Waals surface area contributed by atoms with E-state index in [0.29, 0.717) is 47.7 Å². The molecule has 10 heteroatoms. The molecule has 36 heavy (non-hydrogen) atoms. The largest absolute Gasteiger partial charge is 0.493 e. The highest BCUT2D eigenvalue weighted by Crippen LogP contribution is 2.40. The van der Waals surface area contributed by atoms with Gasteiger partial charge in [-0.05, 0) is 48.9 Å². The number of rotatable bonds is 10. The maximum Gasteiger partial charge on any atom is 0.264 e. The molecule has 0 aliphatic carbocycles. The molecule has 0 atom stereocenters. The van der Waals surface area contributed by atoms with Crippen LogP contribution in [0.1, 0.15) is 12.0 Å². The molecule has 0 spiro atoms. The molecule has 1 heterocycles. The van der Waals surface area contributed by atoms with Crippen molar-refractivity contribution in [1.82, 2.24) is 4.90 Å². The van der Waals surface area contributed by atoms with E-state index in [1.165, 1.54) is 16.4 Å². The molecule has 0 unspecified atom stereocenters. The van der Waals surface area contributed by atoms with Crippen LogP contribution >= 0.6 is 22.2 Å². The Labute approximate surface area is 219 Å². The van der Waals surface area contributed by atoms with E-state index in [9.17, 15) is 17.5 Å². The molecule has 1 fully saturated rings. The van der Waals surface area contributed by atoms with Gasteiger partial charge < -0.3 is 9.64 Å². The molecule has 1 aliphatic heterocycles. The Hall–Kier alpha value is -2.27. The molecule has 3 aromatic carbocycles. The van der Waals surface area contributed by atoms with Crippen molar-refractivity contribution in [3.63, 3.8) is 0 Å². The van der Waals surface area contributed by atoms with Crippen LogP contribution in [0.5, 0.6) is 5.75 Å². The van der Waals surface area contributed by atoms with E-state index in [0.717, 1.165) is 18.5 Å². The highest BCUT2D eigenvalue weighted by molar-refractivity contribution is 8.24. The Morgan fingerprint density at radius 3 is 2.25 bits per heavy atom. The van der Waals surface area contributed by atoms with Crippen molar-refractivity contribution in [2.45, 2.75) is 17.9 Å². The highest BCUT2D eigenvalue weighted by Gasteiger charge is 2.26. The van der Waals surface area contributed by atoms with Crippen LogP contribution in [0.15, 0.2) is 83.8 Å². The molecule has 0 aromatic heterocycles. The average molecular weight is 551 g/mol. The Kier molecular flexibility index (Phi) is 8.82. The minimum absolute atomic E-state index is 0.106. The number of nitrogens with zero attached hydrogens (tertiary/aromatic N) is 2. The predicted molar refractivity (Wildman–Crippen MR) is 147 cm³/mol. The zero-order chi connectivity index (χ0) is 25.6. The third kappa shape index (κ3) is 6.94. The van der Waals surface area contributed by atoms with Crippen LogP contribution in [0.3, 0.4) is 0 Å². The van der Waals surface area contributed by atoms with Crippen molar-refractivity contribution in [3.05, 3.63) is 89.4 Å². The summed E-state index contributed by atoms with van der Waals surface area (Å²) >= 11 is 5.98. The van der Waals surface area contributed by atoms with E-state index in [1.54, 1.807) is 24.3 Å². The van der Waals surface area contributed by atoms with Gasteiger partial charge in [0.05, 0.1) is 35.2 Å². The fourth-order valence-electron chi connectivity index (χ4n) is 4.03. The minimum Gasteiger partial charge on any atom is -0.493 e. The molecule has 0 bridgehead atoms. The third-order valence-corrected chi connectivity index (χ3v) is 9.79. The molecule has 0 amide bonds. The number of ether oxygens (including phenoxy) is 1. The van der Waals surface area contributed by atoms with Crippen LogP contribution in [0.4, 0.5) is 5.69 Å². The first kappa shape index (κ1) is 26.8. The fraction of sp³-hybridized carbons (Fsp3) is 0.308. The Morgan fingerprint density at radius 1 is 0.917 bits per heavy atom. The number of hydrogen-bond acceptors (Lipinski definition) is 6. The van der Waals surface area contributed by atoms with Gasteiger partial charge in [-0.1, -0.05) is 48.0 Å². The number of para-hydroxylation sites is 2. The van der Waals surface area contributed by atoms with Gasteiger partial charge in [-0.25, -0.2) is 8.42 Å². The Morgan fingerprint density at radius 2 is 1.56 bits per heavy atom. The summed E-state index contributed by atoms with van der Waals surface area (Å²) < 4.78 is 54.3. The average Bonchev–Trinajstić information content (AvgIpc) is 2.87. The zero-order valence-corrected chi connectivity index (χ0v) is 22.3. The molecule has 2 N–H and O–H groups in total. The lowest BCUT2D eigenvalue weighted by atomic mass is 10.2. The topological polar surface area (TPSA) is 90.3 Å². The molecule has 1 aliphatic rings. The van der Waals surface area contributed by atoms with Gasteiger partial charge in [-0.15, -0.1) is 0 Å². The van der Waals surface area contributed by atoms with Crippen LogP contribution in [-0.2, 0) is 16.6 Å². The second kappa shape index (κ2) is 11.9. The molecular formula is C26H31ClN2O5S2. The zero-order valence-electron chi connectivity index (χ0n) is 19.9. The monoisotopic (exact) mass is 550 g/mol. The van der Waals surface area contributed by atoms with E-state index in [1.807, 2.05) is 42.5 Å². The van der Waals surface area contributed by atoms with Crippen molar-refractivity contribution in [2.75, 3.05) is 42.1 Å². The maximum absolute atomic E-state index is 13.6. The van der Waals surface area contributed by atoms with Gasteiger partial charge in [0.1, 0.15) is 5.75 Å². The quantitative estimate of drug-likeness (QED) is 0.321. The maximum atomic E-state index is 13.6. The predicted octanol–water partition coefficient (Wildman–Crippen LogP) is 5.57. The van der Waals surface area contributed by atoms with E-state index in [4.69, 9.17) is 16.3 Å². The summed E-state index contributed by atoms with van der Waals surface area (Å²) in [5.74, 6) is 1.49. The van der Waals surface area contributed by atoms with Crippen LogP contribution < -0.4 is 9.04 Å². The van der Waals surface area contributed by atoms with Gasteiger partial charge in [-0.3, -0.25) is 13.4 Å². The first-order valence-corrected chi connectivity index (χ1v) is 15.4. The number of halogens is 1. The summed E-state index contributed by atoms with van der Waals surface area (Å²) in [5, 5.41) is 0.469. The number of anilines is 1. The molecule has 1 saturated heterocycles. The van der Waals surface area contributed by atoms with Crippen molar-refractivity contribution in [1.29, 1.82) is 0 Å². The van der Waals surface area contributed by atoms with Crippen molar-refractivity contribution in [2.24, 2.45) is 0 Å². The van der Waals surface area contributed by atoms with Crippen molar-refractivity contribution >= 4 is 37.9 Å².